The van der Waals surface area contributed by atoms with Crippen molar-refractivity contribution < 1.29 is 18.7 Å². The number of carbonyl (C=O) groups excluding carboxylic acids is 1. The number of fused-ring (bicyclic) bond motifs is 1. The Labute approximate surface area is 161 Å². The first kappa shape index (κ1) is 18.0. The summed E-state index contributed by atoms with van der Waals surface area (Å²) in [5, 5.41) is 7.33. The minimum Gasteiger partial charge on any atom is -0.493 e. The van der Waals surface area contributed by atoms with Gasteiger partial charge in [-0.2, -0.15) is 5.10 Å². The molecule has 0 radical (unpaired) electrons. The van der Waals surface area contributed by atoms with Crippen molar-refractivity contribution in [2.45, 2.75) is 19.3 Å². The maximum absolute atomic E-state index is 13.3. The number of aromatic nitrogens is 2. The number of halogens is 1. The maximum atomic E-state index is 13.3. The molecule has 4 rings (SSSR count). The highest BCUT2D eigenvalue weighted by Crippen LogP contribution is 2.44. The number of anilines is 1. The molecule has 3 aromatic rings. The van der Waals surface area contributed by atoms with Crippen LogP contribution < -0.4 is 14.8 Å². The number of para-hydroxylation sites is 1. The van der Waals surface area contributed by atoms with E-state index in [0.29, 0.717) is 29.6 Å². The summed E-state index contributed by atoms with van der Waals surface area (Å²) in [6, 6.07) is 11.6. The molecule has 0 aliphatic carbocycles. The zero-order valence-electron chi connectivity index (χ0n) is 15.6. The Morgan fingerprint density at radius 1 is 1.21 bits per heavy atom. The van der Waals surface area contributed by atoms with E-state index >= 15 is 0 Å². The van der Waals surface area contributed by atoms with Gasteiger partial charge in [0, 0.05) is 23.5 Å². The maximum Gasteiger partial charge on any atom is 0.226 e. The van der Waals surface area contributed by atoms with Crippen molar-refractivity contribution in [2.75, 3.05) is 19.0 Å². The Morgan fingerprint density at radius 3 is 2.71 bits per heavy atom. The van der Waals surface area contributed by atoms with Crippen LogP contribution in [0.5, 0.6) is 11.5 Å². The molecule has 6 nitrogen and oxygen atoms in total. The van der Waals surface area contributed by atoms with Gasteiger partial charge in [0.05, 0.1) is 25.6 Å². The van der Waals surface area contributed by atoms with E-state index in [1.165, 1.54) is 12.1 Å². The quantitative estimate of drug-likeness (QED) is 0.728. The van der Waals surface area contributed by atoms with Crippen LogP contribution in [-0.4, -0.2) is 29.4 Å². The summed E-state index contributed by atoms with van der Waals surface area (Å²) in [6.45, 7) is 2.38. The second kappa shape index (κ2) is 7.34. The van der Waals surface area contributed by atoms with E-state index in [-0.39, 0.29) is 24.1 Å². The summed E-state index contributed by atoms with van der Waals surface area (Å²) in [6.07, 6.45) is 2.01. The molecule has 1 unspecified atom stereocenters. The first-order chi connectivity index (χ1) is 13.6. The SMILES string of the molecule is CCOc1c(OC)cccc1C1CC(=O)Nc2c1cnn2-c1ccc(F)cc1. The lowest BCUT2D eigenvalue weighted by Gasteiger charge is -2.26. The lowest BCUT2D eigenvalue weighted by atomic mass is 9.86. The number of benzene rings is 2. The van der Waals surface area contributed by atoms with Gasteiger partial charge in [-0.25, -0.2) is 9.07 Å². The van der Waals surface area contributed by atoms with E-state index in [9.17, 15) is 9.18 Å². The molecular formula is C21H20FN3O3. The minimum absolute atomic E-state index is 0.119. The summed E-state index contributed by atoms with van der Waals surface area (Å²) in [7, 11) is 1.59. The molecule has 2 aromatic carbocycles. The standard InChI is InChI=1S/C21H20FN3O3/c1-3-28-20-15(5-4-6-18(20)27-2)16-11-19(26)24-21-17(16)12-23-25(21)14-9-7-13(22)8-10-14/h4-10,12,16H,3,11H2,1-2H3,(H,24,26). The Bertz CT molecular complexity index is 1010. The van der Waals surface area contributed by atoms with Gasteiger partial charge < -0.3 is 14.8 Å². The summed E-state index contributed by atoms with van der Waals surface area (Å²) in [5.74, 6) is 1.16. The molecule has 1 N–H and O–H groups in total. The second-order valence-electron chi connectivity index (χ2n) is 6.45. The number of ether oxygens (including phenoxy) is 2. The number of methoxy groups -OCH3 is 1. The van der Waals surface area contributed by atoms with Crippen LogP contribution in [0.15, 0.2) is 48.7 Å². The van der Waals surface area contributed by atoms with Crippen LogP contribution in [0.1, 0.15) is 30.4 Å². The van der Waals surface area contributed by atoms with E-state index in [1.54, 1.807) is 30.1 Å². The van der Waals surface area contributed by atoms with Crippen molar-refractivity contribution in [3.05, 3.63) is 65.6 Å². The third-order valence-electron chi connectivity index (χ3n) is 4.78. The Hall–Kier alpha value is -3.35. The third kappa shape index (κ3) is 3.09. The van der Waals surface area contributed by atoms with Gasteiger partial charge in [-0.05, 0) is 37.3 Å². The predicted molar refractivity (Wildman–Crippen MR) is 103 cm³/mol. The molecule has 2 heterocycles. The highest BCUT2D eigenvalue weighted by Gasteiger charge is 2.33. The molecule has 144 valence electrons. The van der Waals surface area contributed by atoms with Crippen molar-refractivity contribution in [1.82, 2.24) is 9.78 Å². The van der Waals surface area contributed by atoms with Crippen LogP contribution in [0, 0.1) is 5.82 Å². The van der Waals surface area contributed by atoms with Crippen molar-refractivity contribution in [1.29, 1.82) is 0 Å². The topological polar surface area (TPSA) is 65.4 Å². The van der Waals surface area contributed by atoms with Crippen LogP contribution in [-0.2, 0) is 4.79 Å². The average molecular weight is 381 g/mol. The molecule has 0 spiro atoms. The molecule has 7 heteroatoms. The average Bonchev–Trinajstić information content (AvgIpc) is 3.12. The molecule has 1 atom stereocenters. The van der Waals surface area contributed by atoms with Gasteiger partial charge in [0.1, 0.15) is 11.6 Å². The highest BCUT2D eigenvalue weighted by atomic mass is 19.1. The van der Waals surface area contributed by atoms with E-state index in [1.807, 2.05) is 25.1 Å². The fraction of sp³-hybridized carbons (Fsp3) is 0.238. The van der Waals surface area contributed by atoms with E-state index < -0.39 is 0 Å². The van der Waals surface area contributed by atoms with Crippen molar-refractivity contribution in [3.63, 3.8) is 0 Å². The van der Waals surface area contributed by atoms with E-state index in [4.69, 9.17) is 9.47 Å². The largest absolute Gasteiger partial charge is 0.493 e. The van der Waals surface area contributed by atoms with Gasteiger partial charge in [0.2, 0.25) is 5.91 Å². The number of hydrogen-bond donors (Lipinski definition) is 1. The van der Waals surface area contributed by atoms with Crippen molar-refractivity contribution >= 4 is 11.7 Å². The Kier molecular flexibility index (Phi) is 4.73. The predicted octanol–water partition coefficient (Wildman–Crippen LogP) is 3.89. The number of hydrogen-bond acceptors (Lipinski definition) is 4. The molecular weight excluding hydrogens is 361 g/mol. The molecule has 28 heavy (non-hydrogen) atoms. The van der Waals surface area contributed by atoms with Gasteiger partial charge in [0.25, 0.3) is 0 Å². The summed E-state index contributed by atoms with van der Waals surface area (Å²) >= 11 is 0. The number of nitrogens with zero attached hydrogens (tertiary/aromatic N) is 2. The van der Waals surface area contributed by atoms with Gasteiger partial charge in [-0.3, -0.25) is 4.79 Å². The molecule has 1 amide bonds. The number of amides is 1. The van der Waals surface area contributed by atoms with Crippen molar-refractivity contribution in [3.8, 4) is 17.2 Å². The van der Waals surface area contributed by atoms with Gasteiger partial charge in [-0.1, -0.05) is 12.1 Å². The molecule has 0 saturated carbocycles. The monoisotopic (exact) mass is 381 g/mol. The molecule has 0 bridgehead atoms. The van der Waals surface area contributed by atoms with E-state index in [0.717, 1.165) is 11.1 Å². The van der Waals surface area contributed by atoms with Crippen LogP contribution in [0.25, 0.3) is 5.69 Å². The zero-order chi connectivity index (χ0) is 19.7. The Balaban J connectivity index is 1.83. The molecule has 0 saturated heterocycles. The lowest BCUT2D eigenvalue weighted by molar-refractivity contribution is -0.116. The van der Waals surface area contributed by atoms with Crippen LogP contribution in [0.2, 0.25) is 0 Å². The minimum atomic E-state index is -0.329. The molecule has 1 aliphatic heterocycles. The third-order valence-corrected chi connectivity index (χ3v) is 4.78. The van der Waals surface area contributed by atoms with Gasteiger partial charge in [0.15, 0.2) is 11.5 Å². The highest BCUT2D eigenvalue weighted by molar-refractivity contribution is 5.94. The first-order valence-corrected chi connectivity index (χ1v) is 9.05. The lowest BCUT2D eigenvalue weighted by Crippen LogP contribution is -2.25. The first-order valence-electron chi connectivity index (χ1n) is 9.05. The van der Waals surface area contributed by atoms with Crippen LogP contribution in [0.3, 0.4) is 0 Å². The molecule has 1 aliphatic rings. The summed E-state index contributed by atoms with van der Waals surface area (Å²) in [4.78, 5) is 12.5. The van der Waals surface area contributed by atoms with Crippen molar-refractivity contribution in [2.24, 2.45) is 0 Å². The summed E-state index contributed by atoms with van der Waals surface area (Å²) in [5.41, 5.74) is 2.41. The number of nitrogens with one attached hydrogen (secondary N) is 1. The fourth-order valence-corrected chi connectivity index (χ4v) is 3.54. The fourth-order valence-electron chi connectivity index (χ4n) is 3.54. The van der Waals surface area contributed by atoms with E-state index in [2.05, 4.69) is 10.4 Å². The summed E-state index contributed by atoms with van der Waals surface area (Å²) < 4.78 is 26.2. The molecule has 1 aromatic heterocycles. The number of rotatable bonds is 5. The zero-order valence-corrected chi connectivity index (χ0v) is 15.6. The second-order valence-corrected chi connectivity index (χ2v) is 6.45. The molecule has 0 fully saturated rings. The van der Waals surface area contributed by atoms with Crippen LogP contribution in [0.4, 0.5) is 10.2 Å². The van der Waals surface area contributed by atoms with Crippen LogP contribution >= 0.6 is 0 Å². The van der Waals surface area contributed by atoms with Gasteiger partial charge >= 0.3 is 0 Å². The van der Waals surface area contributed by atoms with Gasteiger partial charge in [-0.15, -0.1) is 0 Å². The normalized spacial score (nSPS) is 15.7. The smallest absolute Gasteiger partial charge is 0.226 e. The Morgan fingerprint density at radius 2 is 2.00 bits per heavy atom. The number of carbonyl (C=O) groups is 1.